The second kappa shape index (κ2) is 8.24. The van der Waals surface area contributed by atoms with E-state index in [0.29, 0.717) is 16.4 Å². The molecule has 0 bridgehead atoms. The summed E-state index contributed by atoms with van der Waals surface area (Å²) in [6, 6.07) is 17.5. The number of benzene rings is 2. The first-order valence-corrected chi connectivity index (χ1v) is 9.69. The Balaban J connectivity index is 2.07. The van der Waals surface area contributed by atoms with Gasteiger partial charge in [-0.05, 0) is 23.3 Å². The fourth-order valence-corrected chi connectivity index (χ4v) is 3.86. The lowest BCUT2D eigenvalue weighted by atomic mass is 9.70. The number of ether oxygens (including phenoxy) is 1. The first kappa shape index (κ1) is 19.6. The molecular weight excluding hydrogens is 370 g/mol. The molecule has 0 aliphatic carbocycles. The molecule has 0 saturated heterocycles. The Hall–Kier alpha value is -3.17. The third kappa shape index (κ3) is 3.90. The van der Waals surface area contributed by atoms with Gasteiger partial charge in [-0.25, -0.2) is 4.98 Å². The normalized spacial score (nSPS) is 12.1. The van der Waals surface area contributed by atoms with E-state index < -0.39 is 5.41 Å². The number of hydrogen-bond acceptors (Lipinski definition) is 5. The first-order chi connectivity index (χ1) is 13.5. The van der Waals surface area contributed by atoms with E-state index in [9.17, 15) is 10.1 Å². The Bertz CT molecular complexity index is 992. The fraction of sp³-hybridized carbons (Fsp3) is 0.227. The zero-order chi connectivity index (χ0) is 20.1. The van der Waals surface area contributed by atoms with Gasteiger partial charge in [0.15, 0.2) is 5.13 Å². The zero-order valence-electron chi connectivity index (χ0n) is 16.0. The highest BCUT2D eigenvalue weighted by Gasteiger charge is 2.39. The van der Waals surface area contributed by atoms with Crippen LogP contribution in [0.5, 0.6) is 5.75 Å². The second-order valence-corrected chi connectivity index (χ2v) is 7.82. The molecule has 0 saturated carbocycles. The molecule has 3 rings (SSSR count). The minimum absolute atomic E-state index is 0.134. The molecule has 1 N–H and O–H groups in total. The van der Waals surface area contributed by atoms with Crippen molar-refractivity contribution in [3.8, 4) is 11.8 Å². The summed E-state index contributed by atoms with van der Waals surface area (Å²) in [7, 11) is 1.54. The number of carbonyl (C=O) groups excluding carboxylic acids is 1. The van der Waals surface area contributed by atoms with Crippen molar-refractivity contribution in [1.82, 2.24) is 4.98 Å². The van der Waals surface area contributed by atoms with Crippen LogP contribution in [-0.2, 0) is 4.79 Å². The molecule has 2 aromatic carbocycles. The summed E-state index contributed by atoms with van der Waals surface area (Å²) in [6.07, 6.45) is 1.66. The van der Waals surface area contributed by atoms with Gasteiger partial charge in [-0.15, -0.1) is 11.3 Å². The number of rotatable bonds is 6. The van der Waals surface area contributed by atoms with Crippen molar-refractivity contribution >= 4 is 22.4 Å². The first-order valence-electron chi connectivity index (χ1n) is 8.81. The molecule has 0 unspecified atom stereocenters. The van der Waals surface area contributed by atoms with Crippen LogP contribution in [0, 0.1) is 16.7 Å². The largest absolute Gasteiger partial charge is 0.495 e. The molecule has 28 heavy (non-hydrogen) atoms. The van der Waals surface area contributed by atoms with Gasteiger partial charge >= 0.3 is 0 Å². The molecule has 0 fully saturated rings. The van der Waals surface area contributed by atoms with E-state index in [2.05, 4.69) is 16.4 Å². The van der Waals surface area contributed by atoms with Gasteiger partial charge in [0.1, 0.15) is 11.8 Å². The molecule has 1 heterocycles. The molecule has 142 valence electrons. The number of aromatic nitrogens is 1. The number of carbonyl (C=O) groups is 1. The van der Waals surface area contributed by atoms with Gasteiger partial charge in [0.2, 0.25) is 5.91 Å². The monoisotopic (exact) mass is 391 g/mol. The number of methoxy groups -OCH3 is 1. The van der Waals surface area contributed by atoms with E-state index in [1.165, 1.54) is 18.4 Å². The van der Waals surface area contributed by atoms with Crippen LogP contribution in [0.15, 0.2) is 60.1 Å². The second-order valence-electron chi connectivity index (χ2n) is 6.93. The molecule has 0 aliphatic rings. The summed E-state index contributed by atoms with van der Waals surface area (Å²) >= 11 is 1.38. The molecule has 0 radical (unpaired) electrons. The number of hydrogen-bond donors (Lipinski definition) is 1. The smallest absolute Gasteiger partial charge is 0.232 e. The highest BCUT2D eigenvalue weighted by molar-refractivity contribution is 7.13. The Morgan fingerprint density at radius 2 is 1.96 bits per heavy atom. The average Bonchev–Trinajstić information content (AvgIpc) is 3.21. The van der Waals surface area contributed by atoms with Gasteiger partial charge in [0, 0.05) is 17.5 Å². The summed E-state index contributed by atoms with van der Waals surface area (Å²) < 4.78 is 5.27. The Kier molecular flexibility index (Phi) is 5.76. The van der Waals surface area contributed by atoms with Crippen LogP contribution >= 0.6 is 11.3 Å². The summed E-state index contributed by atoms with van der Waals surface area (Å²) in [5.41, 5.74) is 1.52. The summed E-state index contributed by atoms with van der Waals surface area (Å²) in [5, 5.41) is 14.8. The van der Waals surface area contributed by atoms with Crippen molar-refractivity contribution in [2.75, 3.05) is 12.4 Å². The fourth-order valence-electron chi connectivity index (χ4n) is 3.34. The van der Waals surface area contributed by atoms with Crippen molar-refractivity contribution in [3.63, 3.8) is 0 Å². The van der Waals surface area contributed by atoms with Gasteiger partial charge in [-0.3, -0.25) is 4.79 Å². The summed E-state index contributed by atoms with van der Waals surface area (Å²) in [4.78, 5) is 17.3. The Labute approximate surface area is 168 Å². The maximum Gasteiger partial charge on any atom is 0.232 e. The molecule has 5 nitrogen and oxygen atoms in total. The van der Waals surface area contributed by atoms with Crippen molar-refractivity contribution < 1.29 is 9.53 Å². The van der Waals surface area contributed by atoms with E-state index >= 15 is 0 Å². The minimum Gasteiger partial charge on any atom is -0.495 e. The van der Waals surface area contributed by atoms with Gasteiger partial charge in [-0.1, -0.05) is 50.2 Å². The number of nitrogens with one attached hydrogen (secondary N) is 1. The lowest BCUT2D eigenvalue weighted by molar-refractivity contribution is -0.124. The van der Waals surface area contributed by atoms with Gasteiger partial charge in [-0.2, -0.15) is 5.26 Å². The molecule has 6 heteroatoms. The van der Waals surface area contributed by atoms with Gasteiger partial charge in [0.05, 0.1) is 18.1 Å². The third-order valence-corrected chi connectivity index (χ3v) is 5.46. The Morgan fingerprint density at radius 3 is 2.57 bits per heavy atom. The van der Waals surface area contributed by atoms with Crippen molar-refractivity contribution in [3.05, 3.63) is 76.8 Å². The van der Waals surface area contributed by atoms with E-state index in [-0.39, 0.29) is 11.8 Å². The summed E-state index contributed by atoms with van der Waals surface area (Å²) in [6.45, 7) is 3.81. The number of anilines is 1. The van der Waals surface area contributed by atoms with Crippen LogP contribution in [0.2, 0.25) is 0 Å². The Morgan fingerprint density at radius 1 is 1.21 bits per heavy atom. The zero-order valence-corrected chi connectivity index (χ0v) is 16.8. The van der Waals surface area contributed by atoms with Gasteiger partial charge < -0.3 is 10.1 Å². The SMILES string of the molecule is COc1ccc([C@@H](c2ccccc2)C(C)(C)C(=O)Nc2nccs2)cc1C#N. The van der Waals surface area contributed by atoms with Crippen molar-refractivity contribution in [2.45, 2.75) is 19.8 Å². The third-order valence-electron chi connectivity index (χ3n) is 4.77. The van der Waals surface area contributed by atoms with Crippen LogP contribution in [0.3, 0.4) is 0 Å². The van der Waals surface area contributed by atoms with Crippen molar-refractivity contribution in [2.24, 2.45) is 5.41 Å². The summed E-state index contributed by atoms with van der Waals surface area (Å²) in [5.74, 6) is 0.125. The van der Waals surface area contributed by atoms with Crippen molar-refractivity contribution in [1.29, 1.82) is 5.26 Å². The standard InChI is InChI=1S/C22H21N3O2S/c1-22(2,20(26)25-21-24-11-12-28-21)19(15-7-5-4-6-8-15)16-9-10-18(27-3)17(13-16)14-23/h4-13,19H,1-3H3,(H,24,25,26)/t19-/m1/s1. The van der Waals surface area contributed by atoms with Crippen LogP contribution in [0.1, 0.15) is 36.5 Å². The molecule has 1 amide bonds. The van der Waals surface area contributed by atoms with Crippen LogP contribution < -0.4 is 10.1 Å². The van der Waals surface area contributed by atoms with Crippen LogP contribution in [-0.4, -0.2) is 18.0 Å². The number of nitriles is 1. The number of nitrogens with zero attached hydrogens (tertiary/aromatic N) is 2. The molecule has 1 aromatic heterocycles. The molecule has 3 aromatic rings. The highest BCUT2D eigenvalue weighted by atomic mass is 32.1. The highest BCUT2D eigenvalue weighted by Crippen LogP contribution is 2.42. The molecule has 1 atom stereocenters. The average molecular weight is 391 g/mol. The van der Waals surface area contributed by atoms with E-state index in [4.69, 9.17) is 4.74 Å². The molecule has 0 spiro atoms. The minimum atomic E-state index is -0.797. The quantitative estimate of drug-likeness (QED) is 0.654. The maximum absolute atomic E-state index is 13.2. The molecule has 0 aliphatic heterocycles. The predicted molar refractivity (Wildman–Crippen MR) is 111 cm³/mol. The lowest BCUT2D eigenvalue weighted by Crippen LogP contribution is -2.37. The van der Waals surface area contributed by atoms with Crippen LogP contribution in [0.25, 0.3) is 0 Å². The van der Waals surface area contributed by atoms with E-state index in [1.54, 1.807) is 18.3 Å². The van der Waals surface area contributed by atoms with Gasteiger partial charge in [0.25, 0.3) is 0 Å². The number of thiazole rings is 1. The lowest BCUT2D eigenvalue weighted by Gasteiger charge is -2.34. The van der Waals surface area contributed by atoms with Crippen LogP contribution in [0.4, 0.5) is 5.13 Å². The topological polar surface area (TPSA) is 75.0 Å². The molecular formula is C22H21N3O2S. The van der Waals surface area contributed by atoms with E-state index in [1.807, 2.05) is 55.6 Å². The maximum atomic E-state index is 13.2. The predicted octanol–water partition coefficient (Wildman–Crippen LogP) is 4.82. The van der Waals surface area contributed by atoms with E-state index in [0.717, 1.165) is 11.1 Å². The number of amides is 1.